The molecule has 1 fully saturated rings. The number of carboxylic acid groups (broad SMARTS) is 1. The van der Waals surface area contributed by atoms with Gasteiger partial charge >= 0.3 is 5.97 Å². The van der Waals surface area contributed by atoms with E-state index >= 15 is 0 Å². The molecule has 0 heterocycles. The second-order valence-electron chi connectivity index (χ2n) is 4.88. The molecular formula is C15H20O4. The van der Waals surface area contributed by atoms with E-state index in [1.165, 1.54) is 25.3 Å². The summed E-state index contributed by atoms with van der Waals surface area (Å²) < 4.78 is 11.0. The maximum atomic E-state index is 10.8. The smallest absolute Gasteiger partial charge is 0.335 e. The molecular weight excluding hydrogens is 244 g/mol. The number of benzene rings is 1. The highest BCUT2D eigenvalue weighted by molar-refractivity contribution is 5.87. The average molecular weight is 264 g/mol. The molecule has 4 heteroatoms. The van der Waals surface area contributed by atoms with E-state index < -0.39 is 5.97 Å². The second-order valence-corrected chi connectivity index (χ2v) is 4.88. The summed E-state index contributed by atoms with van der Waals surface area (Å²) >= 11 is 0. The Morgan fingerprint density at radius 3 is 2.79 bits per heavy atom. The van der Waals surface area contributed by atoms with Crippen LogP contribution in [0.2, 0.25) is 0 Å². The zero-order valence-electron chi connectivity index (χ0n) is 11.0. The maximum Gasteiger partial charge on any atom is 0.335 e. The lowest BCUT2D eigenvalue weighted by Crippen LogP contribution is -2.15. The highest BCUT2D eigenvalue weighted by Gasteiger charge is 2.16. The average Bonchev–Trinajstić information content (AvgIpc) is 2.36. The first kappa shape index (κ1) is 13.9. The number of ether oxygens (including phenoxy) is 2. The monoisotopic (exact) mass is 264 g/mol. The van der Waals surface area contributed by atoms with Gasteiger partial charge in [-0.2, -0.15) is 0 Å². The first-order valence-corrected chi connectivity index (χ1v) is 6.79. The minimum Gasteiger partial charge on any atom is -0.491 e. The summed E-state index contributed by atoms with van der Waals surface area (Å²) in [5.74, 6) is 0.498. The first-order chi connectivity index (χ1) is 9.25. The molecule has 1 aliphatic carbocycles. The zero-order valence-corrected chi connectivity index (χ0v) is 11.0. The summed E-state index contributed by atoms with van der Waals surface area (Å²) in [5.41, 5.74) is 0.239. The summed E-state index contributed by atoms with van der Waals surface area (Å²) in [6, 6.07) is 6.50. The van der Waals surface area contributed by atoms with Gasteiger partial charge in [-0.25, -0.2) is 4.79 Å². The van der Waals surface area contributed by atoms with Gasteiger partial charge in [-0.1, -0.05) is 25.3 Å². The standard InChI is InChI=1S/C15H20O4/c16-15(17)13-5-2-6-14(11-13)19-10-9-18-8-7-12-3-1-4-12/h2,5-6,11-12H,1,3-4,7-10H2,(H,16,17). The van der Waals surface area contributed by atoms with Crippen molar-refractivity contribution in [3.63, 3.8) is 0 Å². The normalized spacial score (nSPS) is 14.9. The van der Waals surface area contributed by atoms with Crippen molar-refractivity contribution < 1.29 is 19.4 Å². The predicted molar refractivity (Wildman–Crippen MR) is 71.7 cm³/mol. The molecule has 0 unspecified atom stereocenters. The van der Waals surface area contributed by atoms with Gasteiger partial charge in [-0.05, 0) is 30.5 Å². The number of carbonyl (C=O) groups is 1. The minimum atomic E-state index is -0.942. The number of hydrogen-bond donors (Lipinski definition) is 1. The predicted octanol–water partition coefficient (Wildman–Crippen LogP) is 2.97. The maximum absolute atomic E-state index is 10.8. The summed E-state index contributed by atoms with van der Waals surface area (Å²) in [6.07, 6.45) is 5.21. The molecule has 0 saturated heterocycles. The van der Waals surface area contributed by atoms with Gasteiger partial charge in [0.25, 0.3) is 0 Å². The fraction of sp³-hybridized carbons (Fsp3) is 0.533. The molecule has 19 heavy (non-hydrogen) atoms. The number of rotatable bonds is 8. The van der Waals surface area contributed by atoms with Gasteiger partial charge in [0, 0.05) is 6.61 Å². The lowest BCUT2D eigenvalue weighted by atomic mass is 9.83. The number of hydrogen-bond acceptors (Lipinski definition) is 3. The Balaban J connectivity index is 1.59. The molecule has 4 nitrogen and oxygen atoms in total. The van der Waals surface area contributed by atoms with E-state index in [1.54, 1.807) is 18.2 Å². The molecule has 0 radical (unpaired) electrons. The van der Waals surface area contributed by atoms with Gasteiger partial charge < -0.3 is 14.6 Å². The van der Waals surface area contributed by atoms with Gasteiger partial charge in [0.2, 0.25) is 0 Å². The van der Waals surface area contributed by atoms with E-state index in [9.17, 15) is 4.79 Å². The van der Waals surface area contributed by atoms with Gasteiger partial charge in [-0.15, -0.1) is 0 Å². The lowest BCUT2D eigenvalue weighted by molar-refractivity contribution is 0.0695. The Labute approximate surface area is 113 Å². The zero-order chi connectivity index (χ0) is 13.5. The van der Waals surface area contributed by atoms with Crippen molar-refractivity contribution in [1.29, 1.82) is 0 Å². The van der Waals surface area contributed by atoms with Crippen LogP contribution in [0, 0.1) is 5.92 Å². The topological polar surface area (TPSA) is 55.8 Å². The van der Waals surface area contributed by atoms with Crippen LogP contribution in [-0.4, -0.2) is 30.9 Å². The van der Waals surface area contributed by atoms with E-state index in [1.807, 2.05) is 0 Å². The quantitative estimate of drug-likeness (QED) is 0.733. The Morgan fingerprint density at radius 1 is 1.26 bits per heavy atom. The van der Waals surface area contributed by atoms with Crippen LogP contribution in [0.3, 0.4) is 0 Å². The Bertz CT molecular complexity index is 412. The molecule has 0 aliphatic heterocycles. The van der Waals surface area contributed by atoms with Crippen LogP contribution in [0.15, 0.2) is 24.3 Å². The van der Waals surface area contributed by atoms with Crippen LogP contribution in [0.25, 0.3) is 0 Å². The van der Waals surface area contributed by atoms with Crippen molar-refractivity contribution in [2.45, 2.75) is 25.7 Å². The molecule has 1 aromatic rings. The summed E-state index contributed by atoms with van der Waals surface area (Å²) in [5, 5.41) is 8.85. The van der Waals surface area contributed by atoms with Crippen molar-refractivity contribution in [3.8, 4) is 5.75 Å². The van der Waals surface area contributed by atoms with Crippen molar-refractivity contribution in [2.75, 3.05) is 19.8 Å². The van der Waals surface area contributed by atoms with E-state index in [2.05, 4.69) is 0 Å². The molecule has 1 aromatic carbocycles. The molecule has 0 atom stereocenters. The number of aromatic carboxylic acids is 1. The molecule has 104 valence electrons. The SMILES string of the molecule is O=C(O)c1cccc(OCCOCCC2CCC2)c1. The van der Waals surface area contributed by atoms with Gasteiger partial charge in [-0.3, -0.25) is 0 Å². The number of carboxylic acids is 1. The van der Waals surface area contributed by atoms with Gasteiger partial charge in [0.1, 0.15) is 12.4 Å². The van der Waals surface area contributed by atoms with Crippen molar-refractivity contribution >= 4 is 5.97 Å². The highest BCUT2D eigenvalue weighted by Crippen LogP contribution is 2.29. The summed E-state index contributed by atoms with van der Waals surface area (Å²) in [7, 11) is 0. The molecule has 2 rings (SSSR count). The van der Waals surface area contributed by atoms with E-state index in [4.69, 9.17) is 14.6 Å². The molecule has 1 aliphatic rings. The van der Waals surface area contributed by atoms with Crippen LogP contribution >= 0.6 is 0 Å². The molecule has 1 saturated carbocycles. The fourth-order valence-electron chi connectivity index (χ4n) is 2.07. The van der Waals surface area contributed by atoms with Gasteiger partial charge in [0.15, 0.2) is 0 Å². The molecule has 0 spiro atoms. The summed E-state index contributed by atoms with van der Waals surface area (Å²) in [4.78, 5) is 10.8. The van der Waals surface area contributed by atoms with Crippen molar-refractivity contribution in [1.82, 2.24) is 0 Å². The van der Waals surface area contributed by atoms with Gasteiger partial charge in [0.05, 0.1) is 12.2 Å². The van der Waals surface area contributed by atoms with Crippen LogP contribution in [0.5, 0.6) is 5.75 Å². The summed E-state index contributed by atoms with van der Waals surface area (Å²) in [6.45, 7) is 1.79. The fourth-order valence-corrected chi connectivity index (χ4v) is 2.07. The van der Waals surface area contributed by atoms with E-state index in [-0.39, 0.29) is 5.56 Å². The Morgan fingerprint density at radius 2 is 2.11 bits per heavy atom. The van der Waals surface area contributed by atoms with Crippen LogP contribution in [0.1, 0.15) is 36.0 Å². The Hall–Kier alpha value is -1.55. The Kier molecular flexibility index (Phi) is 5.21. The van der Waals surface area contributed by atoms with E-state index in [0.717, 1.165) is 18.9 Å². The minimum absolute atomic E-state index is 0.239. The lowest BCUT2D eigenvalue weighted by Gasteiger charge is -2.24. The molecule has 1 N–H and O–H groups in total. The highest BCUT2D eigenvalue weighted by atomic mass is 16.5. The van der Waals surface area contributed by atoms with Crippen molar-refractivity contribution in [3.05, 3.63) is 29.8 Å². The molecule has 0 aromatic heterocycles. The van der Waals surface area contributed by atoms with E-state index in [0.29, 0.717) is 19.0 Å². The third-order valence-corrected chi connectivity index (χ3v) is 3.47. The largest absolute Gasteiger partial charge is 0.491 e. The van der Waals surface area contributed by atoms with Crippen LogP contribution in [0.4, 0.5) is 0 Å². The second kappa shape index (κ2) is 7.14. The molecule has 0 amide bonds. The van der Waals surface area contributed by atoms with Crippen molar-refractivity contribution in [2.24, 2.45) is 5.92 Å². The first-order valence-electron chi connectivity index (χ1n) is 6.79. The van der Waals surface area contributed by atoms with Crippen LogP contribution < -0.4 is 4.74 Å². The van der Waals surface area contributed by atoms with Crippen LogP contribution in [-0.2, 0) is 4.74 Å². The molecule has 0 bridgehead atoms. The third-order valence-electron chi connectivity index (χ3n) is 3.47. The third kappa shape index (κ3) is 4.56.